The summed E-state index contributed by atoms with van der Waals surface area (Å²) < 4.78 is 5.57. The van der Waals surface area contributed by atoms with Crippen molar-refractivity contribution in [2.75, 3.05) is 26.2 Å². The lowest BCUT2D eigenvalue weighted by molar-refractivity contribution is 0.265. The molecule has 0 radical (unpaired) electrons. The van der Waals surface area contributed by atoms with Crippen molar-refractivity contribution in [2.45, 2.75) is 53.2 Å². The van der Waals surface area contributed by atoms with Crippen LogP contribution < -0.4 is 15.4 Å². The Hall–Kier alpha value is -1.02. The molecule has 2 atom stereocenters. The van der Waals surface area contributed by atoms with Gasteiger partial charge in [0.05, 0.1) is 13.2 Å². The van der Waals surface area contributed by atoms with Gasteiger partial charge in [-0.25, -0.2) is 4.99 Å². The fourth-order valence-corrected chi connectivity index (χ4v) is 3.18. The average molecular weight is 474 g/mol. The van der Waals surface area contributed by atoms with Crippen LogP contribution in [0, 0.1) is 5.92 Å². The van der Waals surface area contributed by atoms with Crippen molar-refractivity contribution in [1.29, 1.82) is 0 Å². The molecule has 1 saturated heterocycles. The fraction of sp³-hybridized carbons (Fsp3) is 0.650. The van der Waals surface area contributed by atoms with Gasteiger partial charge >= 0.3 is 0 Å². The minimum Gasteiger partial charge on any atom is -0.494 e. The van der Waals surface area contributed by atoms with Gasteiger partial charge in [0.2, 0.25) is 0 Å². The minimum atomic E-state index is 0. The molecule has 1 aromatic carbocycles. The van der Waals surface area contributed by atoms with Gasteiger partial charge in [0.15, 0.2) is 5.96 Å². The van der Waals surface area contributed by atoms with E-state index in [0.29, 0.717) is 31.2 Å². The predicted octanol–water partition coefficient (Wildman–Crippen LogP) is 3.49. The van der Waals surface area contributed by atoms with E-state index in [9.17, 15) is 0 Å². The predicted molar refractivity (Wildman–Crippen MR) is 121 cm³/mol. The second-order valence-electron chi connectivity index (χ2n) is 7.05. The van der Waals surface area contributed by atoms with E-state index in [1.807, 2.05) is 19.1 Å². The Morgan fingerprint density at radius 2 is 2.08 bits per heavy atom. The van der Waals surface area contributed by atoms with Gasteiger partial charge in [0, 0.05) is 31.7 Å². The van der Waals surface area contributed by atoms with Crippen LogP contribution in [0.15, 0.2) is 29.3 Å². The molecule has 1 aromatic rings. The van der Waals surface area contributed by atoms with E-state index in [1.54, 1.807) is 0 Å². The highest BCUT2D eigenvalue weighted by Crippen LogP contribution is 2.19. The number of rotatable bonds is 7. The van der Waals surface area contributed by atoms with Gasteiger partial charge in [-0.2, -0.15) is 0 Å². The van der Waals surface area contributed by atoms with Gasteiger partial charge in [-0.3, -0.25) is 4.90 Å². The molecule has 0 saturated carbocycles. The lowest BCUT2D eigenvalue weighted by Gasteiger charge is -2.22. The molecule has 2 rings (SSSR count). The maximum Gasteiger partial charge on any atom is 0.191 e. The summed E-state index contributed by atoms with van der Waals surface area (Å²) >= 11 is 0. The second-order valence-corrected chi connectivity index (χ2v) is 7.05. The number of halogens is 1. The summed E-state index contributed by atoms with van der Waals surface area (Å²) in [5, 5.41) is 7.00. The van der Waals surface area contributed by atoms with Crippen molar-refractivity contribution in [2.24, 2.45) is 10.9 Å². The van der Waals surface area contributed by atoms with Crippen LogP contribution in [0.1, 0.15) is 40.2 Å². The highest BCUT2D eigenvalue weighted by molar-refractivity contribution is 14.0. The lowest BCUT2D eigenvalue weighted by atomic mass is 10.1. The zero-order chi connectivity index (χ0) is 18.2. The first-order valence-corrected chi connectivity index (χ1v) is 9.54. The lowest BCUT2D eigenvalue weighted by Crippen LogP contribution is -2.46. The van der Waals surface area contributed by atoms with Crippen LogP contribution in [0.25, 0.3) is 0 Å². The summed E-state index contributed by atoms with van der Waals surface area (Å²) in [6, 6.07) is 9.20. The Morgan fingerprint density at radius 3 is 2.69 bits per heavy atom. The van der Waals surface area contributed by atoms with Gasteiger partial charge in [-0.05, 0) is 51.3 Å². The van der Waals surface area contributed by atoms with Gasteiger partial charge < -0.3 is 15.4 Å². The third kappa shape index (κ3) is 6.95. The number of ether oxygens (including phenoxy) is 1. The van der Waals surface area contributed by atoms with E-state index in [4.69, 9.17) is 9.73 Å². The average Bonchev–Trinajstić information content (AvgIpc) is 2.95. The zero-order valence-corrected chi connectivity index (χ0v) is 19.1. The number of aliphatic imine (C=N–C) groups is 1. The first-order chi connectivity index (χ1) is 12.0. The maximum atomic E-state index is 5.57. The van der Waals surface area contributed by atoms with Crippen LogP contribution in [-0.4, -0.2) is 49.2 Å². The molecule has 26 heavy (non-hydrogen) atoms. The standard InChI is InChI=1S/C20H34N4O.HI/c1-6-21-20(23-19-14-24(15(3)4)13-16(19)5)22-12-17-9-8-10-18(11-17)25-7-2;/h8-11,15-16,19H,6-7,12-14H2,1-5H3,(H2,21,22,23);1H. The number of hydrogen-bond acceptors (Lipinski definition) is 3. The highest BCUT2D eigenvalue weighted by atomic mass is 127. The van der Waals surface area contributed by atoms with Crippen LogP contribution in [0.3, 0.4) is 0 Å². The first-order valence-electron chi connectivity index (χ1n) is 9.54. The maximum absolute atomic E-state index is 5.57. The summed E-state index contributed by atoms with van der Waals surface area (Å²) in [6.07, 6.45) is 0. The molecule has 2 unspecified atom stereocenters. The molecule has 1 aliphatic heterocycles. The van der Waals surface area contributed by atoms with Crippen LogP contribution in [0.2, 0.25) is 0 Å². The molecule has 0 bridgehead atoms. The SMILES string of the molecule is CCNC(=NCc1cccc(OCC)c1)NC1CN(C(C)C)CC1C.I. The largest absolute Gasteiger partial charge is 0.494 e. The smallest absolute Gasteiger partial charge is 0.191 e. The molecule has 0 amide bonds. The van der Waals surface area contributed by atoms with Crippen molar-refractivity contribution in [3.63, 3.8) is 0 Å². The molecule has 5 nitrogen and oxygen atoms in total. The molecule has 1 heterocycles. The van der Waals surface area contributed by atoms with E-state index in [0.717, 1.165) is 36.9 Å². The molecule has 1 fully saturated rings. The number of guanidine groups is 1. The zero-order valence-electron chi connectivity index (χ0n) is 16.8. The Bertz CT molecular complexity index is 564. The molecule has 1 aliphatic rings. The van der Waals surface area contributed by atoms with Crippen molar-refractivity contribution in [3.8, 4) is 5.75 Å². The van der Waals surface area contributed by atoms with Gasteiger partial charge in [0.25, 0.3) is 0 Å². The van der Waals surface area contributed by atoms with Gasteiger partial charge in [-0.15, -0.1) is 24.0 Å². The Balaban J connectivity index is 0.00000338. The molecule has 2 N–H and O–H groups in total. The summed E-state index contributed by atoms with van der Waals surface area (Å²) in [7, 11) is 0. The third-order valence-electron chi connectivity index (χ3n) is 4.67. The topological polar surface area (TPSA) is 48.9 Å². The van der Waals surface area contributed by atoms with Crippen LogP contribution in [0.5, 0.6) is 5.75 Å². The number of nitrogens with one attached hydrogen (secondary N) is 2. The van der Waals surface area contributed by atoms with E-state index in [2.05, 4.69) is 55.4 Å². The number of benzene rings is 1. The Labute approximate surface area is 176 Å². The highest BCUT2D eigenvalue weighted by Gasteiger charge is 2.31. The number of hydrogen-bond donors (Lipinski definition) is 2. The summed E-state index contributed by atoms with van der Waals surface area (Å²) in [5.74, 6) is 2.42. The normalized spacial score (nSPS) is 20.8. The number of nitrogens with zero attached hydrogens (tertiary/aromatic N) is 2. The molecule has 0 aliphatic carbocycles. The molecular formula is C20H35IN4O. The van der Waals surface area contributed by atoms with Crippen molar-refractivity contribution >= 4 is 29.9 Å². The van der Waals surface area contributed by atoms with E-state index in [1.165, 1.54) is 0 Å². The molecule has 0 spiro atoms. The fourth-order valence-electron chi connectivity index (χ4n) is 3.18. The van der Waals surface area contributed by atoms with Crippen LogP contribution in [0.4, 0.5) is 0 Å². The van der Waals surface area contributed by atoms with E-state index >= 15 is 0 Å². The van der Waals surface area contributed by atoms with Crippen LogP contribution >= 0.6 is 24.0 Å². The van der Waals surface area contributed by atoms with Gasteiger partial charge in [0.1, 0.15) is 5.75 Å². The van der Waals surface area contributed by atoms with Crippen LogP contribution in [-0.2, 0) is 6.54 Å². The van der Waals surface area contributed by atoms with Crippen molar-refractivity contribution < 1.29 is 4.74 Å². The number of likely N-dealkylation sites (tertiary alicyclic amines) is 1. The van der Waals surface area contributed by atoms with Crippen molar-refractivity contribution in [1.82, 2.24) is 15.5 Å². The van der Waals surface area contributed by atoms with Gasteiger partial charge in [-0.1, -0.05) is 19.1 Å². The Kier molecular flexibility index (Phi) is 10.3. The summed E-state index contributed by atoms with van der Waals surface area (Å²) in [4.78, 5) is 7.30. The first kappa shape index (κ1) is 23.0. The monoisotopic (exact) mass is 474 g/mol. The Morgan fingerprint density at radius 1 is 1.31 bits per heavy atom. The molecule has 6 heteroatoms. The van der Waals surface area contributed by atoms with E-state index in [-0.39, 0.29) is 24.0 Å². The third-order valence-corrected chi connectivity index (χ3v) is 4.67. The minimum absolute atomic E-state index is 0. The van der Waals surface area contributed by atoms with Crippen molar-refractivity contribution in [3.05, 3.63) is 29.8 Å². The summed E-state index contributed by atoms with van der Waals surface area (Å²) in [5.41, 5.74) is 1.16. The second kappa shape index (κ2) is 11.6. The molecule has 0 aromatic heterocycles. The quantitative estimate of drug-likeness (QED) is 0.361. The molecule has 148 valence electrons. The molecular weight excluding hydrogens is 439 g/mol. The van der Waals surface area contributed by atoms with E-state index < -0.39 is 0 Å². The summed E-state index contributed by atoms with van der Waals surface area (Å²) in [6.45, 7) is 15.4.